The largest absolute Gasteiger partial charge is 0.481 e. The van der Waals surface area contributed by atoms with Crippen LogP contribution in [0.3, 0.4) is 0 Å². The van der Waals surface area contributed by atoms with Crippen LogP contribution in [0.5, 0.6) is 0 Å². The summed E-state index contributed by atoms with van der Waals surface area (Å²) >= 11 is 4.09. The number of aromatic carboxylic acids is 1. The van der Waals surface area contributed by atoms with Gasteiger partial charge in [0.2, 0.25) is 17.7 Å². The Hall–Kier alpha value is -11.4. The Morgan fingerprint density at radius 2 is 0.631 bits per heavy atom. The van der Waals surface area contributed by atoms with Crippen molar-refractivity contribution in [1.29, 1.82) is 0 Å². The predicted molar refractivity (Wildman–Crippen MR) is 489 cm³/mol. The van der Waals surface area contributed by atoms with Gasteiger partial charge in [-0.2, -0.15) is 0 Å². The summed E-state index contributed by atoms with van der Waals surface area (Å²) in [6, 6.07) is 62.1. The van der Waals surface area contributed by atoms with Gasteiger partial charge in [0.1, 0.15) is 0 Å². The number of carboxylic acid groups (broad SMARTS) is 2. The van der Waals surface area contributed by atoms with E-state index in [9.17, 15) is 43.8 Å². The highest BCUT2D eigenvalue weighted by Gasteiger charge is 2.68. The molecule has 4 amide bonds. The molecule has 27 rings (SSSR count). The first-order valence-corrected chi connectivity index (χ1v) is 46.9. The Morgan fingerprint density at radius 1 is 0.346 bits per heavy atom. The third-order valence-corrected chi connectivity index (χ3v) is 32.0. The van der Waals surface area contributed by atoms with E-state index in [1.165, 1.54) is 85.6 Å². The van der Waals surface area contributed by atoms with Gasteiger partial charge in [0.25, 0.3) is 5.91 Å². The number of amides is 4. The lowest BCUT2D eigenvalue weighted by Crippen LogP contribution is -2.56. The number of carbonyl (C=O) groups excluding carboxylic acids is 5. The van der Waals surface area contributed by atoms with Crippen LogP contribution in [0.4, 0.5) is 21.1 Å². The van der Waals surface area contributed by atoms with Crippen LogP contribution in [0, 0.1) is 28.6 Å². The minimum Gasteiger partial charge on any atom is -0.481 e. The number of thiazole rings is 3. The summed E-state index contributed by atoms with van der Waals surface area (Å²) in [7, 11) is 1.36. The molecule has 3 aromatic heterocycles. The standard InChI is InChI=1S/C33H31N3O4S.C27H26N2O5S.C26H24N2O5S.C16H18O4/c1-20-10-12-23(13-11-20)34-29(37)22-7-5-6-21(16-22)28-19-41-31(35-28)36-30(38)32(2)17-27-25-9-4-3-8-24(25)26(32)18-33(27)39-14-15-40-33;1-26(13-21-19-9-4-3-8-18(19)20(26)14-27(21)33-10-11-34-27)24(31)29-25-28-22(15-35-25)16-6-5-7-17(12-16)23(30)32-2;1-25(12-20-18-8-3-2-7-17(18)19(25)13-26(20)32-9-10-33-26)23(31)28-24-27-21(14-34-24)15-5-4-6-16(11-15)22(29)30;1-15(14(17)18)8-13-11-5-3-2-4-10(11)12(15)9-16(13)19-6-7-20-16/h3-13,16,19,26-27H,14-15,17-18H2,1-2H3,(H,34,37)(H,35,36,38);3-9,12,15,20-21H,10-11,13-14H2,1-2H3,(H,28,29,31);2-8,11,14,19-20H,9-10,12-13H2,1H3,(H,29,30)(H,27,28,31);2-5,12-13H,6-9H2,1H3,(H,17,18). The summed E-state index contributed by atoms with van der Waals surface area (Å²) < 4.78 is 53.6. The summed E-state index contributed by atoms with van der Waals surface area (Å²) in [5.41, 5.74) is 14.5. The molecule has 6 N–H and O–H groups in total. The minimum absolute atomic E-state index is 0.00226. The molecule has 25 nitrogen and oxygen atoms in total. The monoisotopic (exact) mass is 1810 g/mol. The molecule has 4 aliphatic heterocycles. The highest BCUT2D eigenvalue weighted by atomic mass is 32.1. The van der Waals surface area contributed by atoms with E-state index in [4.69, 9.17) is 47.6 Å². The number of aryl methyl sites for hydroxylation is 1. The lowest BCUT2D eigenvalue weighted by Gasteiger charge is -2.56. The molecule has 8 aromatic carbocycles. The Balaban J connectivity index is 0.000000111. The topological polar surface area (TPSA) is 330 Å². The van der Waals surface area contributed by atoms with Crippen LogP contribution in [-0.4, -0.2) is 150 Å². The first-order valence-electron chi connectivity index (χ1n) is 44.3. The summed E-state index contributed by atoms with van der Waals surface area (Å²) in [4.78, 5) is 103. The highest BCUT2D eigenvalue weighted by molar-refractivity contribution is 7.14. The molecule has 0 radical (unpaired) electrons. The number of methoxy groups -OCH3 is 1. The number of aromatic nitrogens is 3. The summed E-state index contributed by atoms with van der Waals surface area (Å²) in [6.07, 6.45) is 5.17. The molecule has 4 spiro atoms. The summed E-state index contributed by atoms with van der Waals surface area (Å²) in [5.74, 6) is -5.00. The first-order chi connectivity index (χ1) is 62.7. The molecule has 12 unspecified atom stereocenters. The molecule has 4 saturated heterocycles. The Bertz CT molecular complexity index is 6290. The van der Waals surface area contributed by atoms with Gasteiger partial charge in [0.05, 0.1) is 110 Å². The van der Waals surface area contributed by atoms with Crippen molar-refractivity contribution in [3.63, 3.8) is 0 Å². The maximum Gasteiger partial charge on any atom is 0.337 e. The van der Waals surface area contributed by atoms with Gasteiger partial charge in [-0.15, -0.1) is 34.0 Å². The summed E-state index contributed by atoms with van der Waals surface area (Å²) in [5, 5.41) is 38.3. The van der Waals surface area contributed by atoms with Crippen LogP contribution in [0.1, 0.15) is 208 Å². The van der Waals surface area contributed by atoms with Gasteiger partial charge in [0, 0.05) is 117 Å². The van der Waals surface area contributed by atoms with Gasteiger partial charge < -0.3 is 74.1 Å². The number of benzene rings is 8. The number of carboxylic acids is 2. The fourth-order valence-electron chi connectivity index (χ4n) is 22.9. The second-order valence-corrected chi connectivity index (χ2v) is 39.5. The number of hydrogen-bond acceptors (Lipinski definition) is 22. The number of hydrogen-bond donors (Lipinski definition) is 6. The Morgan fingerprint density at radius 3 is 0.946 bits per heavy atom. The van der Waals surface area contributed by atoms with Crippen molar-refractivity contribution in [1.82, 2.24) is 15.0 Å². The van der Waals surface area contributed by atoms with E-state index in [1.807, 2.05) is 141 Å². The van der Waals surface area contributed by atoms with E-state index in [0.29, 0.717) is 153 Å². The third-order valence-electron chi connectivity index (χ3n) is 29.7. The van der Waals surface area contributed by atoms with Crippen LogP contribution in [0.15, 0.2) is 210 Å². The molecule has 28 heteroatoms. The molecule has 130 heavy (non-hydrogen) atoms. The fraction of sp³-hybridized carbons (Fsp3) is 0.373. The van der Waals surface area contributed by atoms with Gasteiger partial charge >= 0.3 is 17.9 Å². The quantitative estimate of drug-likeness (QED) is 0.0551. The van der Waals surface area contributed by atoms with E-state index in [-0.39, 0.29) is 76.5 Å². The number of aliphatic carboxylic acids is 1. The SMILES string of the molecule is CC1(C(=O)Nc2nc(-c3cccc(C(=O)O)c3)cs2)CC2c3ccccc3C1CC21OCCO1.CC1(C(=O)O)CC2c3ccccc3C1CC21OCCO1.COC(=O)c1cccc(-c2csc(NC(=O)C3(C)CC4c5ccccc5C3CC43OCCO3)n2)c1.Cc1ccc(NC(=O)c2cccc(-c3csc(NC(=O)C4(C)CC5c6ccccc6C4CC54OCCO4)n3)c2)cc1. The Labute approximate surface area is 763 Å². The highest BCUT2D eigenvalue weighted by Crippen LogP contribution is 2.69. The number of esters is 1. The zero-order valence-electron chi connectivity index (χ0n) is 72.6. The number of anilines is 4. The maximum absolute atomic E-state index is 13.9. The lowest BCUT2D eigenvalue weighted by atomic mass is 9.52. The van der Waals surface area contributed by atoms with E-state index in [1.54, 1.807) is 42.5 Å². The molecule has 8 bridgehead atoms. The number of rotatable bonds is 14. The molecule has 7 heterocycles. The number of fused-ring (bicyclic) bond motifs is 4. The molecule has 4 saturated carbocycles. The second kappa shape index (κ2) is 33.8. The van der Waals surface area contributed by atoms with Crippen molar-refractivity contribution >= 4 is 96.6 Å². The molecule has 668 valence electrons. The lowest BCUT2D eigenvalue weighted by molar-refractivity contribution is -0.220. The predicted octanol–water partition coefficient (Wildman–Crippen LogP) is 19.1. The number of ether oxygens (including phenoxy) is 9. The third kappa shape index (κ3) is 15.1. The maximum atomic E-state index is 13.9. The van der Waals surface area contributed by atoms with E-state index in [2.05, 4.69) is 92.8 Å². The van der Waals surface area contributed by atoms with E-state index in [0.717, 1.165) is 22.4 Å². The molecular weight excluding hydrogens is 1710 g/mol. The smallest absolute Gasteiger partial charge is 0.337 e. The molecule has 11 aromatic rings. The van der Waals surface area contributed by atoms with Crippen LogP contribution in [-0.2, 0) is 61.8 Å². The average molecular weight is 1810 g/mol. The fourth-order valence-corrected chi connectivity index (χ4v) is 25.1. The van der Waals surface area contributed by atoms with Crippen molar-refractivity contribution in [2.24, 2.45) is 21.7 Å². The summed E-state index contributed by atoms with van der Waals surface area (Å²) in [6.45, 7) is 14.7. The van der Waals surface area contributed by atoms with Gasteiger partial charge in [-0.25, -0.2) is 24.5 Å². The van der Waals surface area contributed by atoms with E-state index < -0.39 is 62.7 Å². The van der Waals surface area contributed by atoms with Gasteiger partial charge in [-0.1, -0.05) is 172 Å². The van der Waals surface area contributed by atoms with Crippen molar-refractivity contribution in [3.05, 3.63) is 277 Å². The van der Waals surface area contributed by atoms with Gasteiger partial charge in [-0.3, -0.25) is 24.0 Å². The molecule has 8 fully saturated rings. The molecule has 12 atom stereocenters. The van der Waals surface area contributed by atoms with Crippen LogP contribution in [0.25, 0.3) is 33.8 Å². The van der Waals surface area contributed by atoms with Crippen LogP contribution in [0.2, 0.25) is 0 Å². The van der Waals surface area contributed by atoms with E-state index >= 15 is 0 Å². The van der Waals surface area contributed by atoms with Crippen molar-refractivity contribution in [2.45, 2.75) is 156 Å². The van der Waals surface area contributed by atoms with Gasteiger partial charge in [0.15, 0.2) is 38.5 Å². The minimum atomic E-state index is -0.987. The van der Waals surface area contributed by atoms with Gasteiger partial charge in [-0.05, 0) is 133 Å². The van der Waals surface area contributed by atoms with Crippen molar-refractivity contribution in [2.75, 3.05) is 81.2 Å². The number of carbonyl (C=O) groups is 7. The molecule has 12 aliphatic carbocycles. The van der Waals surface area contributed by atoms with Crippen molar-refractivity contribution < 1.29 is 86.4 Å². The van der Waals surface area contributed by atoms with Crippen LogP contribution < -0.4 is 21.3 Å². The number of nitrogens with zero attached hydrogens (tertiary/aromatic N) is 3. The normalized spacial score (nSPS) is 27.1. The first kappa shape index (κ1) is 86.6. The second-order valence-electron chi connectivity index (χ2n) is 36.9. The zero-order valence-corrected chi connectivity index (χ0v) is 75.1. The molecule has 16 aliphatic rings. The zero-order chi connectivity index (χ0) is 89.9. The molecular formula is C102H99N7O18S3. The van der Waals surface area contributed by atoms with Crippen LogP contribution >= 0.6 is 34.0 Å². The Kier molecular flexibility index (Phi) is 22.5. The van der Waals surface area contributed by atoms with Crippen molar-refractivity contribution in [3.8, 4) is 33.8 Å². The number of nitrogens with one attached hydrogen (secondary N) is 4. The average Bonchev–Trinajstić information content (AvgIpc) is 1.26.